The van der Waals surface area contributed by atoms with Crippen molar-refractivity contribution in [3.8, 4) is 0 Å². The van der Waals surface area contributed by atoms with E-state index in [9.17, 15) is 0 Å². The maximum Gasteiger partial charge on any atom is 0.0113 e. The van der Waals surface area contributed by atoms with Crippen LogP contribution >= 0.6 is 0 Å². The Morgan fingerprint density at radius 1 is 0.850 bits per heavy atom. The van der Waals surface area contributed by atoms with Gasteiger partial charge in [0.1, 0.15) is 0 Å². The summed E-state index contributed by atoms with van der Waals surface area (Å²) >= 11 is 0. The molecule has 0 aromatic carbocycles. The highest BCUT2D eigenvalue weighted by atomic mass is 15.3. The minimum absolute atomic E-state index is 0.713. The molecule has 2 rings (SSSR count). The molecule has 0 bridgehead atoms. The molecule has 20 heavy (non-hydrogen) atoms. The van der Waals surface area contributed by atoms with Crippen LogP contribution in [-0.4, -0.2) is 72.6 Å². The number of piperazine rings is 1. The summed E-state index contributed by atoms with van der Waals surface area (Å²) in [4.78, 5) is 7.98. The highest BCUT2D eigenvalue weighted by Gasteiger charge is 2.29. The third-order valence-corrected chi connectivity index (χ3v) is 5.47. The molecule has 0 aromatic rings. The first-order valence-electron chi connectivity index (χ1n) is 8.67. The lowest BCUT2D eigenvalue weighted by molar-refractivity contribution is 0.0518. The Kier molecular flexibility index (Phi) is 5.88. The van der Waals surface area contributed by atoms with Crippen molar-refractivity contribution in [1.82, 2.24) is 14.7 Å². The van der Waals surface area contributed by atoms with E-state index >= 15 is 0 Å². The van der Waals surface area contributed by atoms with Crippen LogP contribution < -0.4 is 0 Å². The summed E-state index contributed by atoms with van der Waals surface area (Å²) in [6.45, 7) is 20.8. The molecule has 2 saturated heterocycles. The van der Waals surface area contributed by atoms with Crippen molar-refractivity contribution in [2.75, 3.05) is 45.8 Å². The molecule has 2 atom stereocenters. The number of likely N-dealkylation sites (tertiary alicyclic amines) is 1. The summed E-state index contributed by atoms with van der Waals surface area (Å²) in [5.74, 6) is 1.77. The minimum Gasteiger partial charge on any atom is -0.301 e. The van der Waals surface area contributed by atoms with Gasteiger partial charge in [0.15, 0.2) is 0 Å². The van der Waals surface area contributed by atoms with Gasteiger partial charge in [-0.05, 0) is 52.5 Å². The summed E-state index contributed by atoms with van der Waals surface area (Å²) in [7, 11) is 0. The van der Waals surface area contributed by atoms with E-state index in [2.05, 4.69) is 49.3 Å². The predicted molar refractivity (Wildman–Crippen MR) is 87.1 cm³/mol. The lowest BCUT2D eigenvalue weighted by Crippen LogP contribution is -2.52. The second-order valence-corrected chi connectivity index (χ2v) is 7.55. The number of hydrogen-bond acceptors (Lipinski definition) is 3. The van der Waals surface area contributed by atoms with Gasteiger partial charge in [-0.25, -0.2) is 0 Å². The molecule has 3 nitrogen and oxygen atoms in total. The highest BCUT2D eigenvalue weighted by molar-refractivity contribution is 4.83. The predicted octanol–water partition coefficient (Wildman–Crippen LogP) is 2.38. The van der Waals surface area contributed by atoms with E-state index in [0.29, 0.717) is 12.1 Å². The van der Waals surface area contributed by atoms with Crippen molar-refractivity contribution < 1.29 is 0 Å². The number of piperidine rings is 1. The van der Waals surface area contributed by atoms with Crippen LogP contribution in [0.25, 0.3) is 0 Å². The zero-order valence-electron chi connectivity index (χ0n) is 14.3. The molecule has 0 saturated carbocycles. The monoisotopic (exact) mass is 281 g/mol. The van der Waals surface area contributed by atoms with Crippen molar-refractivity contribution in [1.29, 1.82) is 0 Å². The summed E-state index contributed by atoms with van der Waals surface area (Å²) in [5.41, 5.74) is 0. The average molecular weight is 281 g/mol. The first-order chi connectivity index (χ1) is 9.47. The first kappa shape index (κ1) is 16.3. The fourth-order valence-electron chi connectivity index (χ4n) is 3.76. The van der Waals surface area contributed by atoms with Gasteiger partial charge in [0.25, 0.3) is 0 Å². The number of rotatable bonds is 4. The van der Waals surface area contributed by atoms with Gasteiger partial charge >= 0.3 is 0 Å². The van der Waals surface area contributed by atoms with Crippen LogP contribution in [0, 0.1) is 11.8 Å². The maximum absolute atomic E-state index is 2.71. The fourth-order valence-corrected chi connectivity index (χ4v) is 3.76. The Morgan fingerprint density at radius 3 is 1.95 bits per heavy atom. The van der Waals surface area contributed by atoms with Crippen molar-refractivity contribution in [3.63, 3.8) is 0 Å². The van der Waals surface area contributed by atoms with Crippen LogP contribution in [0.4, 0.5) is 0 Å². The van der Waals surface area contributed by atoms with Gasteiger partial charge < -0.3 is 9.80 Å². The molecule has 0 aliphatic carbocycles. The molecule has 0 amide bonds. The molecule has 0 aromatic heterocycles. The number of hydrogen-bond donors (Lipinski definition) is 0. The summed E-state index contributed by atoms with van der Waals surface area (Å²) in [6.07, 6.45) is 1.39. The van der Waals surface area contributed by atoms with Gasteiger partial charge in [0.05, 0.1) is 0 Å². The first-order valence-corrected chi connectivity index (χ1v) is 8.67. The molecule has 118 valence electrons. The van der Waals surface area contributed by atoms with Gasteiger partial charge in [-0.15, -0.1) is 0 Å². The lowest BCUT2D eigenvalue weighted by atomic mass is 9.85. The molecule has 1 unspecified atom stereocenters. The Balaban J connectivity index is 1.75. The molecule has 3 heteroatoms. The van der Waals surface area contributed by atoms with Crippen LogP contribution in [-0.2, 0) is 0 Å². The van der Waals surface area contributed by atoms with Crippen LogP contribution in [0.5, 0.6) is 0 Å². The van der Waals surface area contributed by atoms with E-state index in [0.717, 1.165) is 11.8 Å². The highest BCUT2D eigenvalue weighted by Crippen LogP contribution is 2.25. The van der Waals surface area contributed by atoms with Gasteiger partial charge in [-0.1, -0.05) is 6.92 Å². The van der Waals surface area contributed by atoms with Gasteiger partial charge in [-0.3, -0.25) is 4.90 Å². The Bertz CT molecular complexity index is 282. The van der Waals surface area contributed by atoms with E-state index in [-0.39, 0.29) is 0 Å². The third-order valence-electron chi connectivity index (χ3n) is 5.47. The van der Waals surface area contributed by atoms with Crippen LogP contribution in [0.1, 0.15) is 41.0 Å². The van der Waals surface area contributed by atoms with Crippen LogP contribution in [0.3, 0.4) is 0 Å². The molecular weight excluding hydrogens is 246 g/mol. The quantitative estimate of drug-likeness (QED) is 0.783. The Labute approximate surface area is 126 Å². The zero-order chi connectivity index (χ0) is 14.7. The van der Waals surface area contributed by atoms with Gasteiger partial charge in [0, 0.05) is 51.4 Å². The second kappa shape index (κ2) is 7.24. The molecule has 2 fully saturated rings. The van der Waals surface area contributed by atoms with Gasteiger partial charge in [0.2, 0.25) is 0 Å². The van der Waals surface area contributed by atoms with E-state index in [4.69, 9.17) is 0 Å². The van der Waals surface area contributed by atoms with E-state index < -0.39 is 0 Å². The van der Waals surface area contributed by atoms with E-state index in [1.54, 1.807) is 0 Å². The molecule has 2 aliphatic rings. The summed E-state index contributed by atoms with van der Waals surface area (Å²) in [6, 6.07) is 1.43. The largest absolute Gasteiger partial charge is 0.301 e. The Morgan fingerprint density at radius 2 is 1.45 bits per heavy atom. The third kappa shape index (κ3) is 4.19. The second-order valence-electron chi connectivity index (χ2n) is 7.55. The Hall–Kier alpha value is -0.120. The van der Waals surface area contributed by atoms with E-state index in [1.807, 2.05) is 0 Å². The molecular formula is C17H35N3. The summed E-state index contributed by atoms with van der Waals surface area (Å²) < 4.78 is 0. The minimum atomic E-state index is 0.713. The molecule has 0 spiro atoms. The standard InChI is InChI=1S/C17H35N3/c1-14(2)19-10-8-18(9-11-19)13-17-6-7-20(15(3)4)12-16(17)5/h14-17H,6-13H2,1-5H3/t16-,17?/m1/s1. The fraction of sp³-hybridized carbons (Fsp3) is 1.00. The molecule has 2 heterocycles. The van der Waals surface area contributed by atoms with Crippen molar-refractivity contribution in [2.24, 2.45) is 11.8 Å². The smallest absolute Gasteiger partial charge is 0.0113 e. The molecule has 0 N–H and O–H groups in total. The number of nitrogens with zero attached hydrogens (tertiary/aromatic N) is 3. The van der Waals surface area contributed by atoms with Crippen molar-refractivity contribution in [2.45, 2.75) is 53.1 Å². The molecule has 2 aliphatic heterocycles. The average Bonchev–Trinajstić information content (AvgIpc) is 2.41. The van der Waals surface area contributed by atoms with Crippen LogP contribution in [0.15, 0.2) is 0 Å². The van der Waals surface area contributed by atoms with Crippen molar-refractivity contribution in [3.05, 3.63) is 0 Å². The SMILES string of the molecule is CC(C)N1CCN(CC2CCN(C(C)C)C[C@H]2C)CC1. The lowest BCUT2D eigenvalue weighted by Gasteiger charge is -2.43. The van der Waals surface area contributed by atoms with E-state index in [1.165, 1.54) is 52.2 Å². The van der Waals surface area contributed by atoms with Crippen molar-refractivity contribution >= 4 is 0 Å². The topological polar surface area (TPSA) is 9.72 Å². The summed E-state index contributed by atoms with van der Waals surface area (Å²) in [5, 5.41) is 0. The van der Waals surface area contributed by atoms with Crippen LogP contribution in [0.2, 0.25) is 0 Å². The maximum atomic E-state index is 2.71. The zero-order valence-corrected chi connectivity index (χ0v) is 14.3. The normalized spacial score (nSPS) is 31.4. The molecule has 0 radical (unpaired) electrons. The van der Waals surface area contributed by atoms with Gasteiger partial charge in [-0.2, -0.15) is 0 Å².